The molecule has 0 saturated heterocycles. The van der Waals surface area contributed by atoms with Gasteiger partial charge in [0.1, 0.15) is 11.6 Å². The Labute approximate surface area is 126 Å². The third-order valence-corrected chi connectivity index (χ3v) is 3.91. The van der Waals surface area contributed by atoms with Crippen molar-refractivity contribution in [3.05, 3.63) is 57.8 Å². The van der Waals surface area contributed by atoms with Crippen LogP contribution in [0.4, 0.5) is 10.1 Å². The van der Waals surface area contributed by atoms with Crippen LogP contribution in [0.2, 0.25) is 0 Å². The van der Waals surface area contributed by atoms with E-state index in [2.05, 4.69) is 28.2 Å². The molecule has 0 radical (unpaired) electrons. The number of phenols is 1. The third-order valence-electron chi connectivity index (χ3n) is 3.30. The smallest absolute Gasteiger partial charge is 0.139 e. The first-order valence-electron chi connectivity index (χ1n) is 6.52. The minimum atomic E-state index is -0.279. The molecular formula is C16H17BrFNO. The van der Waals surface area contributed by atoms with Crippen molar-refractivity contribution in [3.63, 3.8) is 0 Å². The monoisotopic (exact) mass is 337 g/mol. The van der Waals surface area contributed by atoms with E-state index < -0.39 is 0 Å². The summed E-state index contributed by atoms with van der Waals surface area (Å²) in [5.41, 5.74) is 2.83. The number of rotatable bonds is 4. The van der Waals surface area contributed by atoms with Gasteiger partial charge in [0.2, 0.25) is 0 Å². The molecule has 0 amide bonds. The molecule has 0 aromatic heterocycles. The lowest BCUT2D eigenvalue weighted by Gasteiger charge is -2.20. The van der Waals surface area contributed by atoms with Gasteiger partial charge >= 0.3 is 0 Å². The summed E-state index contributed by atoms with van der Waals surface area (Å²) in [6, 6.07) is 10.4. The van der Waals surface area contributed by atoms with Crippen LogP contribution < -0.4 is 5.32 Å². The molecule has 0 bridgehead atoms. The number of halogens is 2. The Bertz CT molecular complexity index is 598. The molecule has 0 spiro atoms. The highest BCUT2D eigenvalue weighted by Crippen LogP contribution is 2.29. The van der Waals surface area contributed by atoms with Crippen LogP contribution in [0.3, 0.4) is 0 Å². The summed E-state index contributed by atoms with van der Waals surface area (Å²) < 4.78 is 14.1. The number of aromatic hydroxyl groups is 1. The van der Waals surface area contributed by atoms with Gasteiger partial charge in [-0.25, -0.2) is 4.39 Å². The van der Waals surface area contributed by atoms with Crippen molar-refractivity contribution in [2.45, 2.75) is 26.3 Å². The molecule has 4 heteroatoms. The van der Waals surface area contributed by atoms with Crippen LogP contribution in [-0.4, -0.2) is 5.11 Å². The van der Waals surface area contributed by atoms with Crippen molar-refractivity contribution in [3.8, 4) is 5.75 Å². The maximum Gasteiger partial charge on any atom is 0.139 e. The predicted octanol–water partition coefficient (Wildman–Crippen LogP) is 5.17. The summed E-state index contributed by atoms with van der Waals surface area (Å²) in [5, 5.41) is 12.7. The van der Waals surface area contributed by atoms with Crippen LogP contribution in [0.25, 0.3) is 0 Å². The van der Waals surface area contributed by atoms with Crippen molar-refractivity contribution in [2.24, 2.45) is 0 Å². The Kier molecular flexibility index (Phi) is 4.65. The number of aryl methyl sites for hydroxylation is 1. The fraction of sp³-hybridized carbons (Fsp3) is 0.250. The van der Waals surface area contributed by atoms with E-state index in [-0.39, 0.29) is 17.6 Å². The van der Waals surface area contributed by atoms with Gasteiger partial charge in [0.05, 0.1) is 10.5 Å². The molecule has 106 valence electrons. The van der Waals surface area contributed by atoms with E-state index >= 15 is 0 Å². The second kappa shape index (κ2) is 6.27. The van der Waals surface area contributed by atoms with E-state index in [0.29, 0.717) is 4.47 Å². The van der Waals surface area contributed by atoms with Crippen molar-refractivity contribution in [1.29, 1.82) is 0 Å². The summed E-state index contributed by atoms with van der Waals surface area (Å²) in [5.74, 6) is -0.0341. The van der Waals surface area contributed by atoms with Crippen LogP contribution in [0.1, 0.15) is 30.5 Å². The van der Waals surface area contributed by atoms with Crippen LogP contribution in [0.15, 0.2) is 40.9 Å². The highest BCUT2D eigenvalue weighted by molar-refractivity contribution is 9.10. The lowest BCUT2D eigenvalue weighted by atomic mass is 10.0. The zero-order chi connectivity index (χ0) is 14.7. The van der Waals surface area contributed by atoms with E-state index in [4.69, 9.17) is 0 Å². The largest absolute Gasteiger partial charge is 0.508 e. The second-order valence-corrected chi connectivity index (χ2v) is 5.63. The highest BCUT2D eigenvalue weighted by Gasteiger charge is 2.12. The number of benzene rings is 2. The molecule has 0 aliphatic rings. The topological polar surface area (TPSA) is 32.3 Å². The van der Waals surface area contributed by atoms with Gasteiger partial charge in [-0.1, -0.05) is 19.1 Å². The number of phenolic OH excluding ortho intramolecular Hbond substituents is 1. The average molecular weight is 338 g/mol. The molecular weight excluding hydrogens is 321 g/mol. The second-order valence-electron chi connectivity index (χ2n) is 4.78. The minimum Gasteiger partial charge on any atom is -0.508 e. The normalized spacial score (nSPS) is 12.2. The van der Waals surface area contributed by atoms with E-state index in [1.54, 1.807) is 18.2 Å². The molecule has 20 heavy (non-hydrogen) atoms. The molecule has 0 saturated carbocycles. The van der Waals surface area contributed by atoms with Gasteiger partial charge in [0, 0.05) is 5.69 Å². The maximum atomic E-state index is 13.6. The first kappa shape index (κ1) is 14.9. The van der Waals surface area contributed by atoms with Crippen LogP contribution >= 0.6 is 15.9 Å². The third kappa shape index (κ3) is 3.31. The van der Waals surface area contributed by atoms with Gasteiger partial charge in [-0.2, -0.15) is 0 Å². The summed E-state index contributed by atoms with van der Waals surface area (Å²) in [4.78, 5) is 0. The Morgan fingerprint density at radius 2 is 1.90 bits per heavy atom. The van der Waals surface area contributed by atoms with Crippen LogP contribution in [0.5, 0.6) is 5.75 Å². The van der Waals surface area contributed by atoms with E-state index in [1.807, 2.05) is 19.1 Å². The Morgan fingerprint density at radius 1 is 1.25 bits per heavy atom. The van der Waals surface area contributed by atoms with Crippen molar-refractivity contribution in [2.75, 3.05) is 5.32 Å². The first-order valence-corrected chi connectivity index (χ1v) is 7.31. The van der Waals surface area contributed by atoms with Gasteiger partial charge in [0.25, 0.3) is 0 Å². The van der Waals surface area contributed by atoms with Crippen molar-refractivity contribution >= 4 is 21.6 Å². The summed E-state index contributed by atoms with van der Waals surface area (Å²) in [7, 11) is 0. The molecule has 2 aromatic rings. The number of hydrogen-bond donors (Lipinski definition) is 2. The molecule has 2 N–H and O–H groups in total. The molecule has 0 fully saturated rings. The fourth-order valence-electron chi connectivity index (χ4n) is 2.12. The molecule has 1 unspecified atom stereocenters. The zero-order valence-corrected chi connectivity index (χ0v) is 13.0. The average Bonchev–Trinajstić information content (AvgIpc) is 2.42. The minimum absolute atomic E-state index is 0.0786. The lowest BCUT2D eigenvalue weighted by Crippen LogP contribution is -2.10. The number of nitrogens with one attached hydrogen (secondary N) is 1. The SMILES string of the molecule is CCC(Nc1cc(F)c(Br)cc1C)c1ccc(O)cc1. The van der Waals surface area contributed by atoms with Crippen molar-refractivity contribution in [1.82, 2.24) is 0 Å². The van der Waals surface area contributed by atoms with Gasteiger partial charge < -0.3 is 10.4 Å². The summed E-state index contributed by atoms with van der Waals surface area (Å²) in [6.45, 7) is 4.01. The van der Waals surface area contributed by atoms with E-state index in [1.165, 1.54) is 6.07 Å². The fourth-order valence-corrected chi connectivity index (χ4v) is 2.58. The predicted molar refractivity (Wildman–Crippen MR) is 83.6 cm³/mol. The van der Waals surface area contributed by atoms with Gasteiger partial charge in [-0.05, 0) is 64.7 Å². The maximum absolute atomic E-state index is 13.6. The van der Waals surface area contributed by atoms with E-state index in [0.717, 1.165) is 23.2 Å². The molecule has 2 rings (SSSR count). The first-order chi connectivity index (χ1) is 9.51. The lowest BCUT2D eigenvalue weighted by molar-refractivity contribution is 0.475. The zero-order valence-electron chi connectivity index (χ0n) is 11.5. The van der Waals surface area contributed by atoms with Gasteiger partial charge in [-0.3, -0.25) is 0 Å². The van der Waals surface area contributed by atoms with Crippen LogP contribution in [-0.2, 0) is 0 Å². The molecule has 0 aliphatic carbocycles. The summed E-state index contributed by atoms with van der Waals surface area (Å²) in [6.07, 6.45) is 0.863. The Hall–Kier alpha value is -1.55. The Morgan fingerprint density at radius 3 is 2.50 bits per heavy atom. The Balaban J connectivity index is 2.26. The number of anilines is 1. The van der Waals surface area contributed by atoms with E-state index in [9.17, 15) is 9.50 Å². The molecule has 2 nitrogen and oxygen atoms in total. The van der Waals surface area contributed by atoms with Crippen LogP contribution in [0, 0.1) is 12.7 Å². The number of hydrogen-bond acceptors (Lipinski definition) is 2. The van der Waals surface area contributed by atoms with Gasteiger partial charge in [0.15, 0.2) is 0 Å². The van der Waals surface area contributed by atoms with Crippen molar-refractivity contribution < 1.29 is 9.50 Å². The standard InChI is InChI=1S/C16H17BrFNO/c1-3-15(11-4-6-12(20)7-5-11)19-16-9-14(18)13(17)8-10(16)2/h4-9,15,19-20H,3H2,1-2H3. The summed E-state index contributed by atoms with van der Waals surface area (Å²) >= 11 is 3.19. The molecule has 0 heterocycles. The highest BCUT2D eigenvalue weighted by atomic mass is 79.9. The molecule has 2 aromatic carbocycles. The quantitative estimate of drug-likeness (QED) is 0.806. The molecule has 1 atom stereocenters. The molecule has 0 aliphatic heterocycles. The van der Waals surface area contributed by atoms with Gasteiger partial charge in [-0.15, -0.1) is 0 Å².